The summed E-state index contributed by atoms with van der Waals surface area (Å²) >= 11 is 0. The van der Waals surface area contributed by atoms with Crippen LogP contribution in [0.5, 0.6) is 5.75 Å². The van der Waals surface area contributed by atoms with E-state index in [0.717, 1.165) is 11.3 Å². The van der Waals surface area contributed by atoms with E-state index in [1.165, 1.54) is 18.2 Å². The fourth-order valence-corrected chi connectivity index (χ4v) is 3.08. The average molecular weight is 382 g/mol. The van der Waals surface area contributed by atoms with Crippen molar-refractivity contribution in [1.29, 1.82) is 0 Å². The number of halogens is 1. The number of nitrogens with zero attached hydrogens (tertiary/aromatic N) is 2. The van der Waals surface area contributed by atoms with Gasteiger partial charge in [-0.2, -0.15) is 0 Å². The molecule has 3 rings (SSSR count). The van der Waals surface area contributed by atoms with Crippen molar-refractivity contribution < 1.29 is 18.7 Å². The summed E-state index contributed by atoms with van der Waals surface area (Å²) in [7, 11) is 1.61. The number of benzene rings is 2. The monoisotopic (exact) mass is 382 g/mol. The van der Waals surface area contributed by atoms with Crippen LogP contribution in [0.3, 0.4) is 0 Å². The van der Waals surface area contributed by atoms with Crippen LogP contribution in [0.1, 0.15) is 17.5 Å². The highest BCUT2D eigenvalue weighted by molar-refractivity contribution is 5.92. The highest BCUT2D eigenvalue weighted by Crippen LogP contribution is 2.15. The molecule has 0 unspecified atom stereocenters. The standard InChI is InChI=1S/C22H23FN2O3/c1-28-19-9-6-17(7-10-19)16-25-15-14-24(13-12-22(25)27)21(26)11-8-18-4-2-3-5-20(18)23/h2-11H,12-16H2,1H3. The Balaban J connectivity index is 1.60. The smallest absolute Gasteiger partial charge is 0.246 e. The van der Waals surface area contributed by atoms with Crippen LogP contribution in [-0.4, -0.2) is 48.4 Å². The van der Waals surface area contributed by atoms with Crippen LogP contribution >= 0.6 is 0 Å². The lowest BCUT2D eigenvalue weighted by Gasteiger charge is -2.21. The molecule has 0 saturated carbocycles. The van der Waals surface area contributed by atoms with Gasteiger partial charge in [0.15, 0.2) is 0 Å². The predicted molar refractivity (Wildman–Crippen MR) is 105 cm³/mol. The SMILES string of the molecule is COc1ccc(CN2CCN(C(=O)C=Cc3ccccc3F)CCC2=O)cc1. The second-order valence-corrected chi connectivity index (χ2v) is 6.59. The zero-order valence-corrected chi connectivity index (χ0v) is 15.8. The van der Waals surface area contributed by atoms with E-state index in [0.29, 0.717) is 31.7 Å². The number of hydrogen-bond acceptors (Lipinski definition) is 3. The van der Waals surface area contributed by atoms with Crippen molar-refractivity contribution in [3.8, 4) is 5.75 Å². The topological polar surface area (TPSA) is 49.9 Å². The molecule has 0 spiro atoms. The third-order valence-electron chi connectivity index (χ3n) is 4.74. The van der Waals surface area contributed by atoms with E-state index >= 15 is 0 Å². The highest BCUT2D eigenvalue weighted by Gasteiger charge is 2.22. The van der Waals surface area contributed by atoms with Gasteiger partial charge in [0.2, 0.25) is 11.8 Å². The van der Waals surface area contributed by atoms with Gasteiger partial charge >= 0.3 is 0 Å². The van der Waals surface area contributed by atoms with Gasteiger partial charge in [-0.3, -0.25) is 9.59 Å². The summed E-state index contributed by atoms with van der Waals surface area (Å²) < 4.78 is 18.8. The van der Waals surface area contributed by atoms with E-state index < -0.39 is 0 Å². The molecular formula is C22H23FN2O3. The lowest BCUT2D eigenvalue weighted by Crippen LogP contribution is -2.34. The normalized spacial score (nSPS) is 15.0. The van der Waals surface area contributed by atoms with Crippen molar-refractivity contribution in [2.24, 2.45) is 0 Å². The van der Waals surface area contributed by atoms with E-state index in [1.54, 1.807) is 35.1 Å². The minimum Gasteiger partial charge on any atom is -0.497 e. The van der Waals surface area contributed by atoms with Crippen LogP contribution in [0.4, 0.5) is 4.39 Å². The number of ether oxygens (including phenoxy) is 1. The molecule has 0 N–H and O–H groups in total. The molecule has 0 atom stereocenters. The lowest BCUT2D eigenvalue weighted by atomic mass is 10.2. The molecule has 1 aliphatic rings. The van der Waals surface area contributed by atoms with Crippen molar-refractivity contribution in [2.75, 3.05) is 26.7 Å². The Morgan fingerprint density at radius 2 is 1.86 bits per heavy atom. The van der Waals surface area contributed by atoms with Crippen molar-refractivity contribution in [1.82, 2.24) is 9.80 Å². The summed E-state index contributed by atoms with van der Waals surface area (Å²) in [5, 5.41) is 0. The van der Waals surface area contributed by atoms with Crippen molar-refractivity contribution in [3.05, 3.63) is 71.6 Å². The molecule has 0 aliphatic carbocycles. The van der Waals surface area contributed by atoms with E-state index in [1.807, 2.05) is 24.3 Å². The lowest BCUT2D eigenvalue weighted by molar-refractivity contribution is -0.130. The first kappa shape index (κ1) is 19.6. The fourth-order valence-electron chi connectivity index (χ4n) is 3.08. The maximum atomic E-state index is 13.7. The zero-order valence-electron chi connectivity index (χ0n) is 15.8. The van der Waals surface area contributed by atoms with E-state index in [2.05, 4.69) is 0 Å². The molecule has 2 aromatic carbocycles. The van der Waals surface area contributed by atoms with Crippen molar-refractivity contribution in [3.63, 3.8) is 0 Å². The zero-order chi connectivity index (χ0) is 19.9. The molecule has 6 heteroatoms. The second kappa shape index (κ2) is 9.17. The molecule has 5 nitrogen and oxygen atoms in total. The van der Waals surface area contributed by atoms with Gasteiger partial charge in [0, 0.05) is 44.2 Å². The molecule has 0 radical (unpaired) electrons. The molecule has 1 heterocycles. The maximum Gasteiger partial charge on any atom is 0.246 e. The van der Waals surface area contributed by atoms with Crippen LogP contribution in [0.25, 0.3) is 6.08 Å². The van der Waals surface area contributed by atoms with E-state index in [9.17, 15) is 14.0 Å². The Labute approximate surface area is 164 Å². The Kier molecular flexibility index (Phi) is 6.42. The minimum absolute atomic E-state index is 0.0178. The number of methoxy groups -OCH3 is 1. The van der Waals surface area contributed by atoms with Gasteiger partial charge in [0.25, 0.3) is 0 Å². The Hall–Kier alpha value is -3.15. The summed E-state index contributed by atoms with van der Waals surface area (Å²) in [5.74, 6) is 0.194. The Morgan fingerprint density at radius 3 is 2.57 bits per heavy atom. The summed E-state index contributed by atoms with van der Waals surface area (Å²) in [6, 6.07) is 13.9. The van der Waals surface area contributed by atoms with E-state index in [4.69, 9.17) is 4.74 Å². The third kappa shape index (κ3) is 4.97. The maximum absolute atomic E-state index is 13.7. The molecular weight excluding hydrogens is 359 g/mol. The van der Waals surface area contributed by atoms with Crippen LogP contribution in [0.2, 0.25) is 0 Å². The quantitative estimate of drug-likeness (QED) is 0.747. The van der Waals surface area contributed by atoms with E-state index in [-0.39, 0.29) is 24.1 Å². The van der Waals surface area contributed by atoms with Crippen LogP contribution in [0, 0.1) is 5.82 Å². The number of carbonyl (C=O) groups is 2. The first-order valence-corrected chi connectivity index (χ1v) is 9.19. The molecule has 146 valence electrons. The number of hydrogen-bond donors (Lipinski definition) is 0. The molecule has 0 aromatic heterocycles. The average Bonchev–Trinajstić information content (AvgIpc) is 2.90. The van der Waals surface area contributed by atoms with Gasteiger partial charge < -0.3 is 14.5 Å². The molecule has 1 fully saturated rings. The fraction of sp³-hybridized carbons (Fsp3) is 0.273. The van der Waals surface area contributed by atoms with Crippen molar-refractivity contribution in [2.45, 2.75) is 13.0 Å². The Morgan fingerprint density at radius 1 is 1.11 bits per heavy atom. The van der Waals surface area contributed by atoms with Crippen LogP contribution < -0.4 is 4.74 Å². The first-order valence-electron chi connectivity index (χ1n) is 9.19. The van der Waals surface area contributed by atoms with Gasteiger partial charge in [-0.05, 0) is 29.8 Å². The van der Waals surface area contributed by atoms with Crippen LogP contribution in [0.15, 0.2) is 54.6 Å². The highest BCUT2D eigenvalue weighted by atomic mass is 19.1. The number of rotatable bonds is 5. The van der Waals surface area contributed by atoms with Gasteiger partial charge in [0.1, 0.15) is 11.6 Å². The summed E-state index contributed by atoms with van der Waals surface area (Å²) in [4.78, 5) is 28.3. The first-order chi connectivity index (χ1) is 13.6. The molecule has 28 heavy (non-hydrogen) atoms. The number of carbonyl (C=O) groups excluding carboxylic acids is 2. The van der Waals surface area contributed by atoms with Crippen molar-refractivity contribution >= 4 is 17.9 Å². The molecule has 1 aliphatic heterocycles. The van der Waals surface area contributed by atoms with Gasteiger partial charge in [-0.15, -0.1) is 0 Å². The minimum atomic E-state index is -0.372. The van der Waals surface area contributed by atoms with Gasteiger partial charge in [0.05, 0.1) is 7.11 Å². The molecule has 0 bridgehead atoms. The third-order valence-corrected chi connectivity index (χ3v) is 4.74. The Bertz CT molecular complexity index is 864. The summed E-state index contributed by atoms with van der Waals surface area (Å²) in [5.41, 5.74) is 1.37. The van der Waals surface area contributed by atoms with Gasteiger partial charge in [-0.1, -0.05) is 30.3 Å². The van der Waals surface area contributed by atoms with Gasteiger partial charge in [-0.25, -0.2) is 4.39 Å². The second-order valence-electron chi connectivity index (χ2n) is 6.59. The molecule has 2 aromatic rings. The number of amides is 2. The molecule has 1 saturated heterocycles. The summed E-state index contributed by atoms with van der Waals surface area (Å²) in [6.07, 6.45) is 3.11. The molecule has 2 amide bonds. The summed E-state index contributed by atoms with van der Waals surface area (Å²) in [6.45, 7) is 1.76. The van der Waals surface area contributed by atoms with Crippen LogP contribution in [-0.2, 0) is 16.1 Å². The largest absolute Gasteiger partial charge is 0.497 e. The predicted octanol–water partition coefficient (Wildman–Crippen LogP) is 3.11.